The number of aryl methyl sites for hydroxylation is 2. The molecule has 0 bridgehead atoms. The van der Waals surface area contributed by atoms with Crippen molar-refractivity contribution in [3.05, 3.63) is 193 Å². The van der Waals surface area contributed by atoms with Gasteiger partial charge in [0.05, 0.1) is 30.9 Å². The maximum atomic E-state index is 13.9. The first-order valence-electron chi connectivity index (χ1n) is 31.5. The Morgan fingerprint density at radius 2 is 0.644 bits per heavy atom. The lowest BCUT2D eigenvalue weighted by Crippen LogP contribution is -2.54. The third-order valence-electron chi connectivity index (χ3n) is 15.6. The Bertz CT molecular complexity index is 3510. The first-order valence-corrected chi connectivity index (χ1v) is 31.5. The number of carbonyl (C=O) groups excluding carboxylic acids is 3. The number of benzene rings is 3. The van der Waals surface area contributed by atoms with E-state index in [0.29, 0.717) is 144 Å². The highest BCUT2D eigenvalue weighted by atomic mass is 16.5. The molecule has 0 aliphatic carbocycles. The third-order valence-corrected chi connectivity index (χ3v) is 15.6. The molecule has 6 aromatic carbocycles. The van der Waals surface area contributed by atoms with Gasteiger partial charge < -0.3 is 33.7 Å². The largest absolute Gasteiger partial charge is 0.489 e. The summed E-state index contributed by atoms with van der Waals surface area (Å²) in [5.41, 5.74) is -1.96. The maximum Gasteiger partial charge on any atom is 0.336 e. The molecule has 0 radical (unpaired) electrons. The van der Waals surface area contributed by atoms with Crippen molar-refractivity contribution >= 4 is 23.6 Å². The molecule has 90 heavy (non-hydrogen) atoms. The summed E-state index contributed by atoms with van der Waals surface area (Å²) in [6.45, 7) is 6.64. The van der Waals surface area contributed by atoms with Gasteiger partial charge in [0.25, 0.3) is 21.7 Å². The van der Waals surface area contributed by atoms with Crippen LogP contribution < -0.4 is 83.4 Å². The van der Waals surface area contributed by atoms with E-state index in [9.17, 15) is 57.5 Å². The lowest BCUT2D eigenvalue weighted by atomic mass is 10.00. The minimum Gasteiger partial charge on any atom is -0.489 e. The lowest BCUT2D eigenvalue weighted by molar-refractivity contribution is -0.135. The van der Waals surface area contributed by atoms with Crippen molar-refractivity contribution in [3.8, 4) is 34.5 Å². The summed E-state index contributed by atoms with van der Waals surface area (Å²) in [5.74, 6) is 0.288. The van der Waals surface area contributed by atoms with E-state index < -0.39 is 55.6 Å². The van der Waals surface area contributed by atoms with Crippen molar-refractivity contribution in [2.45, 2.75) is 188 Å². The molecule has 0 atom stereocenters. The van der Waals surface area contributed by atoms with E-state index in [0.717, 1.165) is 49.7 Å². The summed E-state index contributed by atoms with van der Waals surface area (Å²) in [6.07, 6.45) is 11.7. The van der Waals surface area contributed by atoms with Crippen LogP contribution in [0, 0.1) is 0 Å². The number of esters is 3. The van der Waals surface area contributed by atoms with E-state index >= 15 is 0 Å². The van der Waals surface area contributed by atoms with Crippen LogP contribution in [0.2, 0.25) is 0 Å². The fourth-order valence-electron chi connectivity index (χ4n) is 10.6. The molecule has 7 rings (SSSR count). The molecule has 1 aromatic heterocycles. The zero-order valence-corrected chi connectivity index (χ0v) is 51.6. The van der Waals surface area contributed by atoms with Gasteiger partial charge in [-0.25, -0.2) is 28.1 Å². The predicted molar refractivity (Wildman–Crippen MR) is 338 cm³/mol. The van der Waals surface area contributed by atoms with Crippen molar-refractivity contribution in [1.29, 1.82) is 0 Å². The summed E-state index contributed by atoms with van der Waals surface area (Å²) in [5, 5.41) is 2.93. The summed E-state index contributed by atoms with van der Waals surface area (Å²) >= 11 is 0. The van der Waals surface area contributed by atoms with Gasteiger partial charge >= 0.3 is 35.0 Å². The van der Waals surface area contributed by atoms with Crippen LogP contribution in [-0.4, -0.2) is 51.4 Å². The number of carbonyl (C=O) groups is 3. The Balaban J connectivity index is 0.831. The van der Waals surface area contributed by atoms with Gasteiger partial charge in [0, 0.05) is 45.4 Å². The highest BCUT2D eigenvalue weighted by Gasteiger charge is 2.25. The number of hydrogen-bond acceptors (Lipinski definition) is 19. The highest BCUT2D eigenvalue weighted by molar-refractivity contribution is 5.73. The van der Waals surface area contributed by atoms with Crippen molar-refractivity contribution in [2.24, 2.45) is 0 Å². The van der Waals surface area contributed by atoms with Crippen LogP contribution in [0.5, 0.6) is 34.5 Å². The molecular formula is C68H80N4O18. The molecule has 22 nitrogen and oxygen atoms in total. The highest BCUT2D eigenvalue weighted by Crippen LogP contribution is 2.23. The first kappa shape index (κ1) is 68.4. The third kappa shape index (κ3) is 19.0. The van der Waals surface area contributed by atoms with Crippen LogP contribution in [0.25, 0.3) is 0 Å². The number of nitrogens with one attached hydrogen (secondary N) is 1. The summed E-state index contributed by atoms with van der Waals surface area (Å²) in [6, 6.07) is 20.7. The van der Waals surface area contributed by atoms with Gasteiger partial charge in [-0.3, -0.25) is 43.2 Å². The quantitative estimate of drug-likeness (QED) is 0.0172. The molecule has 22 heteroatoms. The number of aromatic nitrogens is 3. The van der Waals surface area contributed by atoms with Crippen molar-refractivity contribution in [2.75, 3.05) is 25.1 Å². The average molecular weight is 1240 g/mol. The van der Waals surface area contributed by atoms with Crippen molar-refractivity contribution in [3.63, 3.8) is 0 Å². The molecule has 0 aliphatic rings. The second kappa shape index (κ2) is 34.6. The Labute approximate surface area is 519 Å². The van der Waals surface area contributed by atoms with Gasteiger partial charge in [-0.2, -0.15) is 0 Å². The summed E-state index contributed by atoms with van der Waals surface area (Å²) < 4.78 is 35.8. The molecule has 1 heterocycles. The standard InChI is InChI=1S/C68H80N4O18/c1-4-85-63-51(57(76)60(63)79)39-31-45-25-33-48(34-26-45)88-53(73)22-16-10-7-13-19-41-70-66(82)71(42-20-14-8-11-17-23-54(74)89-49-35-27-46(28-36-49)32-40-52-58(77)61(80)64(52)86-5-2)68(84)72(67(70)83)43-21-15-9-12-18-24-55(75)90-50-37-29-47(30-38-50)44-69-56-59(78)62(81)65(56)87-6-3/h25-30,33-38,69H,4-24,31-32,39-44H2,1-3H3. The van der Waals surface area contributed by atoms with Crippen LogP contribution >= 0.6 is 0 Å². The monoisotopic (exact) mass is 1240 g/mol. The second-order valence-corrected chi connectivity index (χ2v) is 22.2. The Morgan fingerprint density at radius 1 is 0.344 bits per heavy atom. The van der Waals surface area contributed by atoms with Crippen LogP contribution in [0.3, 0.4) is 0 Å². The molecule has 7 aromatic rings. The SMILES string of the molecule is CCOc1c(CCc2ccc(OC(=O)CCCCCCCn3c(=O)n(CCCCCCCC(=O)Oc4ccc(CCc5c(OCC)c(=O)c5=O)cc4)c(=O)n(CCCCCCCC(=O)Oc4ccc(CNc5c(OCC)c(=O)c5=O)cc4)c3=O)cc2)c(=O)c1=O. The van der Waals surface area contributed by atoms with Gasteiger partial charge in [-0.1, -0.05) is 94.2 Å². The zero-order chi connectivity index (χ0) is 64.5. The fourth-order valence-corrected chi connectivity index (χ4v) is 10.6. The van der Waals surface area contributed by atoms with E-state index in [-0.39, 0.29) is 86.9 Å². The van der Waals surface area contributed by atoms with Crippen LogP contribution in [0.15, 0.2) is 116 Å². The summed E-state index contributed by atoms with van der Waals surface area (Å²) in [4.78, 5) is 151. The van der Waals surface area contributed by atoms with Crippen LogP contribution in [0.1, 0.15) is 164 Å². The van der Waals surface area contributed by atoms with E-state index in [4.69, 9.17) is 28.4 Å². The molecule has 0 saturated carbocycles. The summed E-state index contributed by atoms with van der Waals surface area (Å²) in [7, 11) is 0. The Morgan fingerprint density at radius 3 is 0.989 bits per heavy atom. The van der Waals surface area contributed by atoms with Gasteiger partial charge in [0.2, 0.25) is 10.9 Å². The smallest absolute Gasteiger partial charge is 0.336 e. The van der Waals surface area contributed by atoms with E-state index in [1.165, 1.54) is 0 Å². The average Bonchev–Trinajstić information content (AvgIpc) is 0.880. The molecule has 0 saturated heterocycles. The molecule has 0 aliphatic heterocycles. The van der Waals surface area contributed by atoms with E-state index in [1.54, 1.807) is 93.6 Å². The van der Waals surface area contributed by atoms with Crippen molar-refractivity contribution < 1.29 is 42.8 Å². The lowest BCUT2D eigenvalue weighted by Gasteiger charge is -2.14. The van der Waals surface area contributed by atoms with E-state index in [1.807, 2.05) is 0 Å². The number of nitrogens with zero attached hydrogens (tertiary/aromatic N) is 3. The normalized spacial score (nSPS) is 11.3. The number of rotatable bonds is 42. The van der Waals surface area contributed by atoms with Crippen LogP contribution in [-0.2, 0) is 66.2 Å². The van der Waals surface area contributed by atoms with Gasteiger partial charge in [0.1, 0.15) is 22.9 Å². The Kier molecular flexibility index (Phi) is 26.3. The molecule has 0 unspecified atom stereocenters. The molecule has 0 fully saturated rings. The number of ether oxygens (including phenoxy) is 6. The van der Waals surface area contributed by atoms with Gasteiger partial charge in [-0.05, 0) is 138 Å². The maximum absolute atomic E-state index is 13.9. The van der Waals surface area contributed by atoms with Crippen LogP contribution in [0.4, 0.5) is 5.69 Å². The zero-order valence-electron chi connectivity index (χ0n) is 51.6. The minimum atomic E-state index is -0.669. The molecule has 480 valence electrons. The Hall–Kier alpha value is -9.08. The van der Waals surface area contributed by atoms with Gasteiger partial charge in [-0.15, -0.1) is 0 Å². The molecule has 1 N–H and O–H groups in total. The fraction of sp³-hybridized carbons (Fsp3) is 0.471. The molecule has 0 amide bonds. The predicted octanol–water partition coefficient (Wildman–Crippen LogP) is 7.18. The second-order valence-electron chi connectivity index (χ2n) is 22.2. The minimum absolute atomic E-state index is 0.0329. The topological polar surface area (TPSA) is 287 Å². The number of anilines is 1. The van der Waals surface area contributed by atoms with Gasteiger partial charge in [0.15, 0.2) is 17.2 Å². The first-order chi connectivity index (χ1) is 43.5. The number of hydrogen-bond donors (Lipinski definition) is 1. The molecular weight excluding hydrogens is 1160 g/mol. The van der Waals surface area contributed by atoms with E-state index in [2.05, 4.69) is 5.32 Å². The molecule has 0 spiro atoms. The van der Waals surface area contributed by atoms with Crippen molar-refractivity contribution in [1.82, 2.24) is 13.7 Å². The number of unbranched alkanes of at least 4 members (excludes halogenated alkanes) is 12.